The van der Waals surface area contributed by atoms with E-state index in [1.54, 1.807) is 34.5 Å². The Bertz CT molecular complexity index is 1260. The van der Waals surface area contributed by atoms with E-state index in [1.165, 1.54) is 6.20 Å². The second-order valence-corrected chi connectivity index (χ2v) is 9.19. The zero-order valence-corrected chi connectivity index (χ0v) is 19.7. The summed E-state index contributed by atoms with van der Waals surface area (Å²) >= 11 is 0. The third kappa shape index (κ3) is 4.87. The molecule has 0 aromatic carbocycles. The molecule has 1 saturated heterocycles. The summed E-state index contributed by atoms with van der Waals surface area (Å²) in [6, 6.07) is 5.19. The number of carbonyl (C=O) groups is 1. The summed E-state index contributed by atoms with van der Waals surface area (Å²) in [4.78, 5) is 30.8. The van der Waals surface area contributed by atoms with E-state index in [9.17, 15) is 14.7 Å². The van der Waals surface area contributed by atoms with Gasteiger partial charge in [-0.1, -0.05) is 0 Å². The van der Waals surface area contributed by atoms with E-state index in [-0.39, 0.29) is 23.6 Å². The Morgan fingerprint density at radius 1 is 1.26 bits per heavy atom. The number of hydrogen-bond donors (Lipinski definition) is 4. The largest absolute Gasteiger partial charge is 0.393 e. The normalized spacial score (nSPS) is 22.6. The fraction of sp³-hybridized carbons (Fsp3) is 0.500. The van der Waals surface area contributed by atoms with Crippen LogP contribution in [-0.2, 0) is 4.74 Å². The first-order chi connectivity index (χ1) is 17.0. The van der Waals surface area contributed by atoms with Crippen LogP contribution < -0.4 is 21.5 Å². The van der Waals surface area contributed by atoms with Crippen molar-refractivity contribution >= 4 is 28.9 Å². The number of aromatic nitrogens is 4. The van der Waals surface area contributed by atoms with Crippen LogP contribution in [0, 0.1) is 0 Å². The van der Waals surface area contributed by atoms with Gasteiger partial charge in [0.1, 0.15) is 22.9 Å². The molecule has 1 aliphatic heterocycles. The maximum absolute atomic E-state index is 13.2. The Morgan fingerprint density at radius 2 is 2.14 bits per heavy atom. The quantitative estimate of drug-likeness (QED) is 0.420. The highest BCUT2D eigenvalue weighted by Crippen LogP contribution is 2.23. The number of carbonyl (C=O) groups excluding carboxylic acids is 1. The third-order valence-corrected chi connectivity index (χ3v) is 6.72. The molecule has 2 aliphatic rings. The van der Waals surface area contributed by atoms with Crippen molar-refractivity contribution in [3.63, 3.8) is 0 Å². The summed E-state index contributed by atoms with van der Waals surface area (Å²) in [5.74, 6) is 0.742. The van der Waals surface area contributed by atoms with E-state index in [1.807, 2.05) is 6.07 Å². The fourth-order valence-corrected chi connectivity index (χ4v) is 4.90. The Balaban J connectivity index is 1.43. The highest BCUT2D eigenvalue weighted by Gasteiger charge is 2.25. The molecule has 0 bridgehead atoms. The van der Waals surface area contributed by atoms with E-state index in [4.69, 9.17) is 4.74 Å². The lowest BCUT2D eigenvalue weighted by Gasteiger charge is -2.26. The van der Waals surface area contributed by atoms with Gasteiger partial charge in [0, 0.05) is 32.0 Å². The molecule has 1 aliphatic carbocycles. The standard InChI is InChI=1S/C24H31N7O4/c1-25-21-12-20(28-19-8-3-9-30(24(19)34)16-6-4-10-35-14-16)29-22-18(13-26-31(21)22)23(33)27-15-5-2-7-17(32)11-15/h3,8-9,12-13,15-17,25,32H,2,4-7,10-11,14H2,1H3,(H,27,33)(H,28,29)/t15?,16-,17+/m1/s1. The van der Waals surface area contributed by atoms with Gasteiger partial charge in [0.2, 0.25) is 0 Å². The van der Waals surface area contributed by atoms with Crippen molar-refractivity contribution in [2.45, 2.75) is 56.7 Å². The molecule has 11 heteroatoms. The van der Waals surface area contributed by atoms with Crippen LogP contribution in [-0.4, -0.2) is 62.6 Å². The monoisotopic (exact) mass is 481 g/mol. The zero-order valence-electron chi connectivity index (χ0n) is 19.7. The fourth-order valence-electron chi connectivity index (χ4n) is 4.90. The predicted molar refractivity (Wildman–Crippen MR) is 131 cm³/mol. The van der Waals surface area contributed by atoms with Crippen LogP contribution in [0.25, 0.3) is 5.65 Å². The van der Waals surface area contributed by atoms with Crippen molar-refractivity contribution in [2.75, 3.05) is 30.9 Å². The van der Waals surface area contributed by atoms with Gasteiger partial charge in [-0.3, -0.25) is 9.59 Å². The van der Waals surface area contributed by atoms with Gasteiger partial charge in [-0.2, -0.15) is 9.61 Å². The molecule has 3 aromatic rings. The smallest absolute Gasteiger partial charge is 0.274 e. The Kier molecular flexibility index (Phi) is 6.69. The minimum Gasteiger partial charge on any atom is -0.393 e. The van der Waals surface area contributed by atoms with Crippen LogP contribution in [0.4, 0.5) is 17.3 Å². The highest BCUT2D eigenvalue weighted by molar-refractivity contribution is 6.00. The van der Waals surface area contributed by atoms with Crippen molar-refractivity contribution < 1.29 is 14.6 Å². The number of aliphatic hydroxyl groups excluding tert-OH is 1. The van der Waals surface area contributed by atoms with Crippen molar-refractivity contribution in [1.29, 1.82) is 0 Å². The molecule has 186 valence electrons. The summed E-state index contributed by atoms with van der Waals surface area (Å²) in [6.07, 6.45) is 7.70. The van der Waals surface area contributed by atoms with E-state index < -0.39 is 6.10 Å². The van der Waals surface area contributed by atoms with Crippen LogP contribution in [0.5, 0.6) is 0 Å². The lowest BCUT2D eigenvalue weighted by molar-refractivity contribution is 0.0580. The number of pyridine rings is 1. The van der Waals surface area contributed by atoms with Gasteiger partial charge in [0.15, 0.2) is 5.65 Å². The number of fused-ring (bicyclic) bond motifs is 1. The second kappa shape index (κ2) is 10.0. The van der Waals surface area contributed by atoms with Gasteiger partial charge < -0.3 is 30.4 Å². The Hall–Kier alpha value is -3.44. The van der Waals surface area contributed by atoms with Gasteiger partial charge in [0.25, 0.3) is 11.5 Å². The lowest BCUT2D eigenvalue weighted by atomic mass is 9.93. The molecule has 35 heavy (non-hydrogen) atoms. The van der Waals surface area contributed by atoms with E-state index in [0.29, 0.717) is 41.6 Å². The number of rotatable bonds is 6. The molecule has 0 spiro atoms. The van der Waals surface area contributed by atoms with Gasteiger partial charge in [-0.25, -0.2) is 4.98 Å². The summed E-state index contributed by atoms with van der Waals surface area (Å²) in [7, 11) is 1.75. The van der Waals surface area contributed by atoms with Crippen molar-refractivity contribution in [2.24, 2.45) is 0 Å². The number of nitrogens with one attached hydrogen (secondary N) is 3. The van der Waals surface area contributed by atoms with Crippen LogP contribution in [0.1, 0.15) is 54.9 Å². The molecule has 3 aromatic heterocycles. The molecule has 1 saturated carbocycles. The summed E-state index contributed by atoms with van der Waals surface area (Å²) in [5.41, 5.74) is 0.928. The SMILES string of the molecule is CNc1cc(Nc2cccn([C@@H]3CCCOC3)c2=O)nc2c(C(=O)NC3CCC[C@H](O)C3)cnn12. The number of hydrogen-bond acceptors (Lipinski definition) is 8. The van der Waals surface area contributed by atoms with Crippen LogP contribution >= 0.6 is 0 Å². The average molecular weight is 482 g/mol. The molecule has 5 rings (SSSR count). The molecule has 1 unspecified atom stereocenters. The summed E-state index contributed by atoms with van der Waals surface area (Å²) in [5, 5.41) is 23.5. The maximum Gasteiger partial charge on any atom is 0.274 e. The molecular formula is C24H31N7O4. The number of amides is 1. The number of ether oxygens (including phenoxy) is 1. The van der Waals surface area contributed by atoms with Crippen LogP contribution in [0.2, 0.25) is 0 Å². The van der Waals surface area contributed by atoms with Gasteiger partial charge in [-0.05, 0) is 50.7 Å². The molecule has 4 heterocycles. The molecule has 2 fully saturated rings. The Labute approximate surface area is 202 Å². The van der Waals surface area contributed by atoms with Gasteiger partial charge >= 0.3 is 0 Å². The average Bonchev–Trinajstić information content (AvgIpc) is 3.29. The number of aliphatic hydroxyl groups is 1. The second-order valence-electron chi connectivity index (χ2n) is 9.19. The first-order valence-electron chi connectivity index (χ1n) is 12.1. The Morgan fingerprint density at radius 3 is 2.91 bits per heavy atom. The number of nitrogens with zero attached hydrogens (tertiary/aromatic N) is 4. The molecule has 0 radical (unpaired) electrons. The van der Waals surface area contributed by atoms with Crippen molar-refractivity contribution in [3.8, 4) is 0 Å². The summed E-state index contributed by atoms with van der Waals surface area (Å²) < 4.78 is 8.81. The van der Waals surface area contributed by atoms with Crippen LogP contribution in [0.3, 0.4) is 0 Å². The van der Waals surface area contributed by atoms with E-state index in [0.717, 1.165) is 38.7 Å². The molecular weight excluding hydrogens is 450 g/mol. The first-order valence-corrected chi connectivity index (χ1v) is 12.1. The van der Waals surface area contributed by atoms with Crippen LogP contribution in [0.15, 0.2) is 35.4 Å². The molecule has 11 nitrogen and oxygen atoms in total. The summed E-state index contributed by atoms with van der Waals surface area (Å²) in [6.45, 7) is 1.24. The lowest BCUT2D eigenvalue weighted by Crippen LogP contribution is -2.39. The van der Waals surface area contributed by atoms with Crippen molar-refractivity contribution in [1.82, 2.24) is 24.5 Å². The van der Waals surface area contributed by atoms with E-state index in [2.05, 4.69) is 26.0 Å². The minimum absolute atomic E-state index is 0.00439. The first kappa shape index (κ1) is 23.3. The topological polar surface area (TPSA) is 135 Å². The van der Waals surface area contributed by atoms with Gasteiger partial charge in [-0.15, -0.1) is 0 Å². The predicted octanol–water partition coefficient (Wildman–Crippen LogP) is 2.06. The highest BCUT2D eigenvalue weighted by atomic mass is 16.5. The number of anilines is 3. The molecule has 1 amide bonds. The molecule has 3 atom stereocenters. The van der Waals surface area contributed by atoms with E-state index >= 15 is 0 Å². The molecule has 4 N–H and O–H groups in total. The maximum atomic E-state index is 13.2. The van der Waals surface area contributed by atoms with Gasteiger partial charge in [0.05, 0.1) is 24.9 Å². The zero-order chi connectivity index (χ0) is 24.4. The minimum atomic E-state index is -0.391. The third-order valence-electron chi connectivity index (χ3n) is 6.72. The van der Waals surface area contributed by atoms with Crippen molar-refractivity contribution in [3.05, 3.63) is 46.5 Å².